The molecule has 2 aliphatic rings. The molecule has 12 atom stereocenters. The lowest BCUT2D eigenvalue weighted by atomic mass is 10.0. The number of rotatable bonds is 63. The first-order chi connectivity index (χ1) is 57.5. The van der Waals surface area contributed by atoms with Crippen molar-refractivity contribution in [3.05, 3.63) is 35.4 Å². The van der Waals surface area contributed by atoms with Crippen LogP contribution in [0.2, 0.25) is 0 Å². The third kappa shape index (κ3) is 42.9. The van der Waals surface area contributed by atoms with Gasteiger partial charge in [-0.15, -0.1) is 0 Å². The van der Waals surface area contributed by atoms with Gasteiger partial charge in [-0.25, -0.2) is 4.79 Å². The van der Waals surface area contributed by atoms with Crippen LogP contribution in [0.4, 0.5) is 0 Å². The van der Waals surface area contributed by atoms with Crippen LogP contribution >= 0.6 is 23.5 Å². The van der Waals surface area contributed by atoms with E-state index in [1.165, 1.54) is 87.3 Å². The molecule has 0 bridgehead atoms. The number of carbonyl (C=O) groups is 17. The lowest BCUT2D eigenvalue weighted by Crippen LogP contribution is -2.60. The molecule has 1 aromatic carbocycles. The molecule has 2 aliphatic heterocycles. The second-order valence-electron chi connectivity index (χ2n) is 31.9. The number of carbonyl (C=O) groups excluding carboxylic acids is 13. The number of carboxylic acids is 4. The van der Waals surface area contributed by atoms with E-state index in [9.17, 15) is 112 Å². The molecule has 121 heavy (non-hydrogen) atoms. The Bertz CT molecular complexity index is 3540. The number of likely N-dealkylation sites (tertiary alicyclic amines) is 2. The molecule has 0 saturated carbocycles. The maximum Gasteiger partial charge on any atom is 0.326 e. The van der Waals surface area contributed by atoms with E-state index in [4.69, 9.17) is 5.73 Å². The Hall–Kier alpha value is -9.21. The summed E-state index contributed by atoms with van der Waals surface area (Å²) >= 11 is 2.82. The number of amides is 13. The largest absolute Gasteiger partial charge is 0.481 e. The molecule has 19 N–H and O–H groups in total. The Morgan fingerprint density at radius 2 is 0.893 bits per heavy atom. The molecule has 3 rings (SSSR count). The van der Waals surface area contributed by atoms with Crippen molar-refractivity contribution in [2.24, 2.45) is 17.6 Å². The average Bonchev–Trinajstić information content (AvgIpc) is 1.71. The summed E-state index contributed by atoms with van der Waals surface area (Å²) in [5.74, 6) is -17.3. The molecular formula is C82H134N14O23S2. The van der Waals surface area contributed by atoms with Crippen LogP contribution < -0.4 is 64.2 Å². The Balaban J connectivity index is 1.69. The number of nitrogens with zero attached hydrogens (tertiary/aromatic N) is 2. The maximum absolute atomic E-state index is 14.4. The van der Waals surface area contributed by atoms with Crippen LogP contribution in [-0.2, 0) is 93.0 Å². The fraction of sp³-hybridized carbons (Fsp3) is 0.720. The number of unbranched alkanes of at least 4 members (excludes halogenated alkanes) is 14. The van der Waals surface area contributed by atoms with Crippen molar-refractivity contribution in [3.63, 3.8) is 0 Å². The van der Waals surface area contributed by atoms with Gasteiger partial charge in [0.05, 0.1) is 25.6 Å². The quantitative estimate of drug-likeness (QED) is 0.0329. The Morgan fingerprint density at radius 1 is 0.446 bits per heavy atom. The zero-order valence-corrected chi connectivity index (χ0v) is 72.8. The number of aliphatic hydroxyl groups is 2. The number of aliphatic carboxylic acids is 4. The third-order valence-corrected chi connectivity index (χ3v) is 22.2. The van der Waals surface area contributed by atoms with Gasteiger partial charge in [-0.3, -0.25) is 76.7 Å². The number of hydrogen-bond acceptors (Lipinski definition) is 22. The van der Waals surface area contributed by atoms with Crippen molar-refractivity contribution in [3.8, 4) is 0 Å². The minimum absolute atomic E-state index is 0.00199. The lowest BCUT2D eigenvalue weighted by Gasteiger charge is -2.30. The minimum Gasteiger partial charge on any atom is -0.481 e. The molecule has 0 aliphatic carbocycles. The van der Waals surface area contributed by atoms with Gasteiger partial charge in [0.2, 0.25) is 76.8 Å². The van der Waals surface area contributed by atoms with E-state index < -0.39 is 213 Å². The molecule has 2 saturated heterocycles. The van der Waals surface area contributed by atoms with Crippen molar-refractivity contribution in [2.45, 2.75) is 318 Å². The van der Waals surface area contributed by atoms with Crippen LogP contribution in [0.15, 0.2) is 24.3 Å². The summed E-state index contributed by atoms with van der Waals surface area (Å²) in [6.07, 6.45) is 13.0. The normalized spacial score (nSPS) is 16.3. The van der Waals surface area contributed by atoms with Crippen molar-refractivity contribution in [1.29, 1.82) is 0 Å². The van der Waals surface area contributed by atoms with Gasteiger partial charge in [0.25, 0.3) is 0 Å². The van der Waals surface area contributed by atoms with E-state index in [1.807, 2.05) is 30.5 Å². The van der Waals surface area contributed by atoms with Crippen LogP contribution in [0.5, 0.6) is 0 Å². The number of nitrogens with one attached hydrogen (secondary N) is 11. The molecule has 2 unspecified atom stereocenters. The number of hydrogen-bond donors (Lipinski definition) is 18. The van der Waals surface area contributed by atoms with Crippen LogP contribution in [-0.4, -0.2) is 259 Å². The molecule has 0 spiro atoms. The predicted octanol–water partition coefficient (Wildman–Crippen LogP) is 2.46. The SMILES string of the molecule is CCCCCCCCCCCCCCCCCC(=O)NCCC(=O)N[C@@H](CC(C)C)C(=O)NC(CCC(N)O)C(=O)NCC(=O)N[C@@H](CC(=O)O)C(=O)N1CCC[C@H]1C(=O)N[C@@H](CCC(=O)O)C(=O)N[C@H](C(=O)NCC(=O)N[C@@H](CCC(=O)O)C(=O)N[C@@H](CSCc1ccccc1CSC)C(=O)N[C@@H](CC(C)C)C(=O)N1CCC[C@H]1C(=O)O)[C@@H](C)O. The first-order valence-corrected chi connectivity index (χ1v) is 45.0. The van der Waals surface area contributed by atoms with Gasteiger partial charge in [-0.2, -0.15) is 23.5 Å². The predicted molar refractivity (Wildman–Crippen MR) is 452 cm³/mol. The summed E-state index contributed by atoms with van der Waals surface area (Å²) in [6.45, 7) is 8.38. The van der Waals surface area contributed by atoms with Crippen molar-refractivity contribution < 1.29 is 112 Å². The van der Waals surface area contributed by atoms with Gasteiger partial charge < -0.3 is 105 Å². The van der Waals surface area contributed by atoms with Crippen LogP contribution in [0.25, 0.3) is 0 Å². The highest BCUT2D eigenvalue weighted by molar-refractivity contribution is 7.98. The highest BCUT2D eigenvalue weighted by atomic mass is 32.2. The molecule has 39 heteroatoms. The number of carboxylic acid groups (broad SMARTS) is 4. The van der Waals surface area contributed by atoms with E-state index in [0.29, 0.717) is 30.8 Å². The Kier molecular flexibility index (Phi) is 51.4. The van der Waals surface area contributed by atoms with Crippen LogP contribution in [0, 0.1) is 11.8 Å². The molecule has 0 aromatic heterocycles. The number of aliphatic hydroxyl groups excluding tert-OH is 2. The maximum atomic E-state index is 14.4. The second kappa shape index (κ2) is 58.7. The van der Waals surface area contributed by atoms with Gasteiger partial charge >= 0.3 is 23.9 Å². The van der Waals surface area contributed by atoms with Crippen molar-refractivity contribution >= 4 is 124 Å². The zero-order chi connectivity index (χ0) is 90.1. The Morgan fingerprint density at radius 3 is 1.41 bits per heavy atom. The van der Waals surface area contributed by atoms with E-state index in [0.717, 1.165) is 42.2 Å². The zero-order valence-electron chi connectivity index (χ0n) is 71.2. The van der Waals surface area contributed by atoms with Crippen molar-refractivity contribution in [1.82, 2.24) is 68.3 Å². The fourth-order valence-corrected chi connectivity index (χ4v) is 15.7. The smallest absolute Gasteiger partial charge is 0.326 e. The summed E-state index contributed by atoms with van der Waals surface area (Å²) in [6, 6.07) is -7.90. The highest BCUT2D eigenvalue weighted by Gasteiger charge is 2.43. The van der Waals surface area contributed by atoms with Crippen LogP contribution in [0.1, 0.15) is 245 Å². The number of nitrogens with two attached hydrogens (primary N) is 1. The minimum atomic E-state index is -1.97. The van der Waals surface area contributed by atoms with Gasteiger partial charge in [-0.05, 0) is 107 Å². The molecule has 2 fully saturated rings. The Labute approximate surface area is 717 Å². The molecule has 1 aromatic rings. The third-order valence-electron chi connectivity index (χ3n) is 20.5. The monoisotopic (exact) mass is 1750 g/mol. The molecule has 682 valence electrons. The molecule has 37 nitrogen and oxygen atoms in total. The summed E-state index contributed by atoms with van der Waals surface area (Å²) in [4.78, 5) is 230. The molecule has 13 amide bonds. The van der Waals surface area contributed by atoms with Gasteiger partial charge in [-0.1, -0.05) is 149 Å². The number of benzene rings is 1. The van der Waals surface area contributed by atoms with Gasteiger partial charge in [0.1, 0.15) is 66.6 Å². The van der Waals surface area contributed by atoms with E-state index in [2.05, 4.69) is 65.4 Å². The van der Waals surface area contributed by atoms with Gasteiger partial charge in [0.15, 0.2) is 0 Å². The van der Waals surface area contributed by atoms with E-state index in [1.54, 1.807) is 39.5 Å². The van der Waals surface area contributed by atoms with E-state index in [-0.39, 0.29) is 94.5 Å². The average molecular weight is 1750 g/mol. The standard InChI is InChI=1S/C82H134N14O23S2/c1-8-9-10-11-12-13-14-15-16-17-18-19-20-21-22-31-65(99)84-39-38-66(100)88-58(42-50(2)3)76(112)90-55(32-35-64(83)98)73(109)85-45-68(102)89-60(44-71(107)108)81(117)95-40-25-29-62(95)78(114)91-57(34-37-70(105)106)75(111)94-72(52(6)97)79(115)86-46-67(101)87-56(33-36-69(103)104)74(110)93-61(49-121-48-54-28-24-23-27-53(54)47-120-7)77(113)92-59(43-51(4)5)80(116)96-41-26-30-63(96)82(118)119/h23-24,27-28,50-52,55-64,72,97-98H,8-22,25-26,29-49,83H2,1-7H3,(H,84,99)(H,85,109)(H,86,115)(H,87,101)(H,88,100)(H,89,102)(H,90,112)(H,91,114)(H,92,113)(H,93,110)(H,94,111)(H,103,104)(H,105,106)(H,107,108)(H,118,119)/t52-,55?,56+,57+,58+,59+,60+,61+,62+,63+,64?,72+/m1/s1. The lowest BCUT2D eigenvalue weighted by molar-refractivity contribution is -0.149. The summed E-state index contributed by atoms with van der Waals surface area (Å²) in [5, 5.41) is 86.9. The van der Waals surface area contributed by atoms with Crippen LogP contribution in [0.3, 0.4) is 0 Å². The molecule has 0 radical (unpaired) electrons. The van der Waals surface area contributed by atoms with Crippen molar-refractivity contribution in [2.75, 3.05) is 44.7 Å². The molecule has 2 heterocycles. The summed E-state index contributed by atoms with van der Waals surface area (Å²) < 4.78 is 0. The van der Waals surface area contributed by atoms with Gasteiger partial charge in [0, 0.05) is 62.6 Å². The summed E-state index contributed by atoms with van der Waals surface area (Å²) in [5.41, 5.74) is 7.52. The topological polar surface area (TPSA) is 576 Å². The fourth-order valence-electron chi connectivity index (χ4n) is 14.0. The number of thioether (sulfide) groups is 2. The highest BCUT2D eigenvalue weighted by Crippen LogP contribution is 2.25. The first kappa shape index (κ1) is 106. The first-order valence-electron chi connectivity index (χ1n) is 42.4. The summed E-state index contributed by atoms with van der Waals surface area (Å²) in [7, 11) is 0. The molecular weight excluding hydrogens is 1610 g/mol. The second-order valence-corrected chi connectivity index (χ2v) is 33.8. The van der Waals surface area contributed by atoms with E-state index >= 15 is 0 Å².